The van der Waals surface area contributed by atoms with Crippen molar-refractivity contribution in [3.05, 3.63) is 46.6 Å². The van der Waals surface area contributed by atoms with Crippen LogP contribution in [0.15, 0.2) is 30.5 Å². The van der Waals surface area contributed by atoms with E-state index in [1.165, 1.54) is 16.9 Å². The normalized spacial score (nSPS) is 19.1. The van der Waals surface area contributed by atoms with Gasteiger partial charge in [0.1, 0.15) is 5.60 Å². The highest BCUT2D eigenvalue weighted by Crippen LogP contribution is 2.33. The lowest BCUT2D eigenvalue weighted by Gasteiger charge is -2.22. The van der Waals surface area contributed by atoms with E-state index >= 15 is 0 Å². The first-order valence-corrected chi connectivity index (χ1v) is 12.6. The maximum atomic E-state index is 13.2. The Hall–Kier alpha value is -2.71. The van der Waals surface area contributed by atoms with E-state index in [2.05, 4.69) is 41.5 Å². The fraction of sp³-hybridized carbons (Fsp3) is 0.500. The number of amides is 2. The van der Waals surface area contributed by atoms with Gasteiger partial charge in [-0.25, -0.2) is 4.79 Å². The van der Waals surface area contributed by atoms with Gasteiger partial charge < -0.3 is 19.9 Å². The van der Waals surface area contributed by atoms with Gasteiger partial charge in [0, 0.05) is 42.8 Å². The van der Waals surface area contributed by atoms with E-state index in [0.29, 0.717) is 13.1 Å². The predicted molar refractivity (Wildman–Crippen MR) is 136 cm³/mol. The second-order valence-corrected chi connectivity index (χ2v) is 11.2. The summed E-state index contributed by atoms with van der Waals surface area (Å²) in [7, 11) is 2.13. The van der Waals surface area contributed by atoms with Crippen molar-refractivity contribution in [1.82, 2.24) is 20.1 Å². The number of pyridine rings is 1. The molecule has 34 heavy (non-hydrogen) atoms. The molecule has 0 spiro atoms. The van der Waals surface area contributed by atoms with E-state index in [4.69, 9.17) is 9.72 Å². The number of nitrogens with one attached hydrogen (secondary N) is 1. The van der Waals surface area contributed by atoms with Gasteiger partial charge in [-0.2, -0.15) is 0 Å². The van der Waals surface area contributed by atoms with Gasteiger partial charge in [0.25, 0.3) is 5.91 Å². The van der Waals surface area contributed by atoms with Gasteiger partial charge in [-0.1, -0.05) is 6.08 Å². The number of carbonyl (C=O) groups excluding carboxylic acids is 2. The van der Waals surface area contributed by atoms with Crippen molar-refractivity contribution in [2.75, 3.05) is 33.2 Å². The summed E-state index contributed by atoms with van der Waals surface area (Å²) in [5, 5.41) is 2.88. The van der Waals surface area contributed by atoms with Crippen molar-refractivity contribution in [2.24, 2.45) is 0 Å². The summed E-state index contributed by atoms with van der Waals surface area (Å²) in [5.74, 6) is 0.0169. The van der Waals surface area contributed by atoms with E-state index in [1.54, 1.807) is 0 Å². The molecule has 1 fully saturated rings. The van der Waals surface area contributed by atoms with Crippen molar-refractivity contribution in [3.63, 3.8) is 0 Å². The fourth-order valence-electron chi connectivity index (χ4n) is 4.25. The summed E-state index contributed by atoms with van der Waals surface area (Å²) >= 11 is 1.51. The molecule has 0 radical (unpaired) electrons. The third-order valence-corrected chi connectivity index (χ3v) is 7.37. The maximum absolute atomic E-state index is 13.2. The zero-order chi connectivity index (χ0) is 24.5. The molecule has 4 rings (SSSR count). The van der Waals surface area contributed by atoms with Crippen molar-refractivity contribution >= 4 is 28.9 Å². The molecule has 0 bridgehead atoms. The summed E-state index contributed by atoms with van der Waals surface area (Å²) < 4.78 is 5.34. The molecule has 2 aromatic heterocycles. The van der Waals surface area contributed by atoms with Crippen LogP contribution < -0.4 is 5.32 Å². The van der Waals surface area contributed by atoms with Gasteiger partial charge in [0.2, 0.25) is 0 Å². The van der Waals surface area contributed by atoms with Crippen LogP contribution in [0.25, 0.3) is 16.0 Å². The van der Waals surface area contributed by atoms with Crippen LogP contribution in [-0.4, -0.2) is 71.7 Å². The molecule has 1 atom stereocenters. The Kier molecular flexibility index (Phi) is 7.09. The summed E-state index contributed by atoms with van der Waals surface area (Å²) in [4.78, 5) is 35.9. The number of thiophene rings is 1. The number of carbonyl (C=O) groups is 2. The van der Waals surface area contributed by atoms with Gasteiger partial charge in [-0.15, -0.1) is 11.3 Å². The molecule has 2 aliphatic heterocycles. The van der Waals surface area contributed by atoms with Crippen molar-refractivity contribution < 1.29 is 14.3 Å². The molecule has 1 saturated heterocycles. The lowest BCUT2D eigenvalue weighted by Crippen LogP contribution is -2.41. The van der Waals surface area contributed by atoms with Crippen LogP contribution in [0.4, 0.5) is 4.79 Å². The summed E-state index contributed by atoms with van der Waals surface area (Å²) in [5.41, 5.74) is 3.78. The SMILES string of the molecule is Cc1cc(-c2ccc(C3=CCN(C)CC3)nc2)sc1C(=O)N1CC[C@H](NC(=O)OC(C)(C)C)C1. The van der Waals surface area contributed by atoms with Crippen LogP contribution in [0, 0.1) is 6.92 Å². The molecule has 2 amide bonds. The zero-order valence-electron chi connectivity index (χ0n) is 20.7. The largest absolute Gasteiger partial charge is 0.444 e. The third kappa shape index (κ3) is 5.85. The first-order valence-electron chi connectivity index (χ1n) is 11.8. The Labute approximate surface area is 205 Å². The predicted octanol–water partition coefficient (Wildman–Crippen LogP) is 4.58. The Morgan fingerprint density at radius 3 is 2.68 bits per heavy atom. The molecule has 0 aromatic carbocycles. The average Bonchev–Trinajstić information content (AvgIpc) is 3.39. The molecule has 7 nitrogen and oxygen atoms in total. The Morgan fingerprint density at radius 1 is 1.24 bits per heavy atom. The minimum absolute atomic E-state index is 0.0169. The molecule has 0 unspecified atom stereocenters. The molecular formula is C26H34N4O3S. The van der Waals surface area contributed by atoms with Gasteiger partial charge in [0.15, 0.2) is 0 Å². The molecule has 182 valence electrons. The summed E-state index contributed by atoms with van der Waals surface area (Å²) in [6.45, 7) is 10.6. The second-order valence-electron chi connectivity index (χ2n) is 10.2. The Bertz CT molecular complexity index is 1080. The average molecular weight is 483 g/mol. The van der Waals surface area contributed by atoms with Gasteiger partial charge in [0.05, 0.1) is 16.6 Å². The smallest absolute Gasteiger partial charge is 0.407 e. The van der Waals surface area contributed by atoms with Crippen LogP contribution in [0.2, 0.25) is 0 Å². The first kappa shape index (κ1) is 24.4. The summed E-state index contributed by atoms with van der Waals surface area (Å²) in [6.07, 6.45) is 5.45. The molecule has 8 heteroatoms. The van der Waals surface area contributed by atoms with Crippen LogP contribution >= 0.6 is 11.3 Å². The van der Waals surface area contributed by atoms with Crippen LogP contribution in [-0.2, 0) is 4.74 Å². The number of likely N-dealkylation sites (N-methyl/N-ethyl adjacent to an activating group) is 1. The minimum Gasteiger partial charge on any atom is -0.444 e. The second kappa shape index (κ2) is 9.88. The Morgan fingerprint density at radius 2 is 2.03 bits per heavy atom. The van der Waals surface area contributed by atoms with Crippen LogP contribution in [0.1, 0.15) is 54.5 Å². The topological polar surface area (TPSA) is 74.8 Å². The fourth-order valence-corrected chi connectivity index (χ4v) is 5.38. The van der Waals surface area contributed by atoms with Crippen LogP contribution in [0.5, 0.6) is 0 Å². The maximum Gasteiger partial charge on any atom is 0.407 e. The highest BCUT2D eigenvalue weighted by atomic mass is 32.1. The highest BCUT2D eigenvalue weighted by Gasteiger charge is 2.31. The molecule has 4 heterocycles. The van der Waals surface area contributed by atoms with E-state index < -0.39 is 11.7 Å². The number of alkyl carbamates (subject to hydrolysis) is 1. The lowest BCUT2D eigenvalue weighted by atomic mass is 10.0. The molecule has 1 N–H and O–H groups in total. The van der Waals surface area contributed by atoms with E-state index in [-0.39, 0.29) is 11.9 Å². The van der Waals surface area contributed by atoms with Gasteiger partial charge in [-0.3, -0.25) is 9.78 Å². The molecule has 2 aromatic rings. The molecule has 2 aliphatic rings. The van der Waals surface area contributed by atoms with Crippen LogP contribution in [0.3, 0.4) is 0 Å². The standard InChI is InChI=1S/C26H34N4O3S/c1-17-14-22(19-6-7-21(27-15-19)18-8-11-29(5)12-9-18)34-23(17)24(31)30-13-10-20(16-30)28-25(32)33-26(2,3)4/h6-8,14-15,20H,9-13,16H2,1-5H3,(H,28,32)/t20-/m0/s1. The number of ether oxygens (including phenoxy) is 1. The number of aromatic nitrogens is 1. The van der Waals surface area contributed by atoms with E-state index in [1.807, 2.05) is 38.8 Å². The van der Waals surface area contributed by atoms with Crippen molar-refractivity contribution in [2.45, 2.75) is 52.2 Å². The zero-order valence-corrected chi connectivity index (χ0v) is 21.5. The number of aryl methyl sites for hydroxylation is 1. The quantitative estimate of drug-likeness (QED) is 0.691. The Balaban J connectivity index is 1.40. The molecule has 0 aliphatic carbocycles. The van der Waals surface area contributed by atoms with Crippen molar-refractivity contribution in [1.29, 1.82) is 0 Å². The van der Waals surface area contributed by atoms with Crippen molar-refractivity contribution in [3.8, 4) is 10.4 Å². The first-order chi connectivity index (χ1) is 16.1. The monoisotopic (exact) mass is 482 g/mol. The molecule has 0 saturated carbocycles. The molecular weight excluding hydrogens is 448 g/mol. The number of likely N-dealkylation sites (tertiary alicyclic amines) is 1. The van der Waals surface area contributed by atoms with E-state index in [9.17, 15) is 9.59 Å². The van der Waals surface area contributed by atoms with Gasteiger partial charge >= 0.3 is 6.09 Å². The number of rotatable bonds is 4. The number of hydrogen-bond donors (Lipinski definition) is 1. The highest BCUT2D eigenvalue weighted by molar-refractivity contribution is 7.17. The van der Waals surface area contributed by atoms with E-state index in [0.717, 1.165) is 52.5 Å². The minimum atomic E-state index is -0.542. The third-order valence-electron chi connectivity index (χ3n) is 6.10. The lowest BCUT2D eigenvalue weighted by molar-refractivity contribution is 0.0502. The summed E-state index contributed by atoms with van der Waals surface area (Å²) in [6, 6.07) is 6.15. The van der Waals surface area contributed by atoms with Gasteiger partial charge in [-0.05, 0) is 76.9 Å². The number of nitrogens with zero attached hydrogens (tertiary/aromatic N) is 3. The number of hydrogen-bond acceptors (Lipinski definition) is 6.